The molecule has 0 unspecified atom stereocenters. The highest BCUT2D eigenvalue weighted by atomic mass is 16.1. The van der Waals surface area contributed by atoms with Gasteiger partial charge in [0.1, 0.15) is 12.2 Å². The number of piperidine rings is 1. The molecule has 9 nitrogen and oxygen atoms in total. The third kappa shape index (κ3) is 3.67. The predicted octanol–water partition coefficient (Wildman–Crippen LogP) is 1.45. The lowest BCUT2D eigenvalue weighted by molar-refractivity contribution is 0.273. The van der Waals surface area contributed by atoms with Crippen LogP contribution in [0.5, 0.6) is 0 Å². The third-order valence-electron chi connectivity index (χ3n) is 6.65. The van der Waals surface area contributed by atoms with E-state index in [9.17, 15) is 4.79 Å². The highest BCUT2D eigenvalue weighted by Gasteiger charge is 2.36. The van der Waals surface area contributed by atoms with E-state index in [1.54, 1.807) is 6.33 Å². The largest absolute Gasteiger partial charge is 0.340 e. The Kier molecular flexibility index (Phi) is 5.13. The first-order valence-corrected chi connectivity index (χ1v) is 11.0. The number of anilines is 1. The van der Waals surface area contributed by atoms with Gasteiger partial charge in [-0.1, -0.05) is 6.07 Å². The number of aromatic nitrogens is 6. The van der Waals surface area contributed by atoms with Crippen LogP contribution in [0.15, 0.2) is 35.6 Å². The molecule has 3 aromatic heterocycles. The monoisotopic (exact) mass is 422 g/mol. The Balaban J connectivity index is 1.35. The second-order valence-electron chi connectivity index (χ2n) is 8.89. The molecular weight excluding hydrogens is 392 g/mol. The number of hydrogen-bond donors (Lipinski definition) is 0. The number of hydrogen-bond acceptors (Lipinski definition) is 6. The zero-order valence-corrected chi connectivity index (χ0v) is 18.5. The summed E-state index contributed by atoms with van der Waals surface area (Å²) < 4.78 is 6.00. The van der Waals surface area contributed by atoms with Crippen LogP contribution in [0.25, 0.3) is 0 Å². The molecule has 0 aromatic carbocycles. The molecule has 5 heterocycles. The van der Waals surface area contributed by atoms with Crippen LogP contribution in [0.4, 0.5) is 5.95 Å². The Labute approximate surface area is 181 Å². The molecule has 2 atom stereocenters. The van der Waals surface area contributed by atoms with Crippen LogP contribution in [-0.4, -0.2) is 53.9 Å². The Morgan fingerprint density at radius 1 is 1.16 bits per heavy atom. The van der Waals surface area contributed by atoms with Crippen molar-refractivity contribution in [1.29, 1.82) is 0 Å². The van der Waals surface area contributed by atoms with Gasteiger partial charge in [-0.25, -0.2) is 9.67 Å². The summed E-state index contributed by atoms with van der Waals surface area (Å²) in [6.45, 7) is 6.93. The maximum Gasteiger partial charge on any atom is 0.255 e. The summed E-state index contributed by atoms with van der Waals surface area (Å²) in [6, 6.07) is 4.19. The fourth-order valence-corrected chi connectivity index (χ4v) is 5.22. The van der Waals surface area contributed by atoms with Crippen molar-refractivity contribution in [1.82, 2.24) is 33.8 Å². The van der Waals surface area contributed by atoms with E-state index >= 15 is 0 Å². The molecule has 164 valence electrons. The third-order valence-corrected chi connectivity index (χ3v) is 6.65. The summed E-state index contributed by atoms with van der Waals surface area (Å²) in [5, 5.41) is 4.22. The summed E-state index contributed by atoms with van der Waals surface area (Å²) in [5.74, 6) is 2.74. The van der Waals surface area contributed by atoms with Gasteiger partial charge in [0, 0.05) is 69.3 Å². The van der Waals surface area contributed by atoms with E-state index in [1.165, 1.54) is 0 Å². The molecule has 2 aliphatic rings. The first-order valence-electron chi connectivity index (χ1n) is 11.0. The van der Waals surface area contributed by atoms with E-state index < -0.39 is 0 Å². The van der Waals surface area contributed by atoms with E-state index in [4.69, 9.17) is 0 Å². The Morgan fingerprint density at radius 3 is 2.81 bits per heavy atom. The predicted molar refractivity (Wildman–Crippen MR) is 118 cm³/mol. The lowest BCUT2D eigenvalue weighted by Crippen LogP contribution is -2.48. The Bertz CT molecular complexity index is 1130. The lowest BCUT2D eigenvalue weighted by atomic mass is 9.83. The van der Waals surface area contributed by atoms with Crippen LogP contribution in [0.2, 0.25) is 0 Å². The van der Waals surface area contributed by atoms with Gasteiger partial charge in [0.2, 0.25) is 5.95 Å². The maximum atomic E-state index is 13.3. The minimum Gasteiger partial charge on any atom is -0.340 e. The summed E-state index contributed by atoms with van der Waals surface area (Å²) in [4.78, 5) is 26.7. The first kappa shape index (κ1) is 20.0. The van der Waals surface area contributed by atoms with Gasteiger partial charge in [-0.05, 0) is 32.4 Å². The van der Waals surface area contributed by atoms with Crippen molar-refractivity contribution in [3.8, 4) is 0 Å². The van der Waals surface area contributed by atoms with Crippen LogP contribution < -0.4 is 10.5 Å². The summed E-state index contributed by atoms with van der Waals surface area (Å²) in [6.07, 6.45) is 6.57. The molecule has 0 radical (unpaired) electrons. The fourth-order valence-electron chi connectivity index (χ4n) is 5.22. The van der Waals surface area contributed by atoms with E-state index in [0.717, 1.165) is 62.2 Å². The van der Waals surface area contributed by atoms with Gasteiger partial charge >= 0.3 is 0 Å². The molecule has 2 aliphatic heterocycles. The van der Waals surface area contributed by atoms with Crippen LogP contribution in [0, 0.1) is 5.92 Å². The van der Waals surface area contributed by atoms with Gasteiger partial charge < -0.3 is 14.0 Å². The zero-order valence-electron chi connectivity index (χ0n) is 18.5. The van der Waals surface area contributed by atoms with Crippen molar-refractivity contribution in [2.45, 2.75) is 45.4 Å². The standard InChI is InChI=1S/C22H30N8O/c1-4-28-8-7-23-20(28)14-26(2)12-17-5-6-19-18-9-16(11-30(19)21(17)31)10-29(13-18)22-24-15-25-27(22)3/h5-8,15-16,18H,4,9-14H2,1-3H3/t16-,18+/m0/s1. The molecule has 9 heteroatoms. The second-order valence-corrected chi connectivity index (χ2v) is 8.89. The quantitative estimate of drug-likeness (QED) is 0.598. The van der Waals surface area contributed by atoms with Gasteiger partial charge in [-0.2, -0.15) is 10.1 Å². The normalized spacial score (nSPS) is 20.3. The molecule has 0 saturated carbocycles. The lowest BCUT2D eigenvalue weighted by Gasteiger charge is -2.43. The van der Waals surface area contributed by atoms with Crippen LogP contribution >= 0.6 is 0 Å². The van der Waals surface area contributed by atoms with Crippen molar-refractivity contribution in [3.63, 3.8) is 0 Å². The molecular formula is C22H30N8O. The van der Waals surface area contributed by atoms with Gasteiger partial charge in [0.15, 0.2) is 0 Å². The molecule has 5 rings (SSSR count). The van der Waals surface area contributed by atoms with Crippen LogP contribution in [-0.2, 0) is 33.2 Å². The molecule has 0 spiro atoms. The molecule has 2 bridgehead atoms. The number of imidazole rings is 1. The smallest absolute Gasteiger partial charge is 0.255 e. The first-order chi connectivity index (χ1) is 15.0. The summed E-state index contributed by atoms with van der Waals surface area (Å²) in [5.41, 5.74) is 2.16. The zero-order chi connectivity index (χ0) is 21.5. The van der Waals surface area contributed by atoms with Crippen molar-refractivity contribution in [2.75, 3.05) is 25.0 Å². The SMILES string of the molecule is CCn1ccnc1CN(C)Cc1ccc2n(c1=O)C[C@H]1C[C@@H]2CN(c2ncnn2C)C1. The topological polar surface area (TPSA) is 77.0 Å². The van der Waals surface area contributed by atoms with Crippen molar-refractivity contribution in [3.05, 3.63) is 58.3 Å². The van der Waals surface area contributed by atoms with Gasteiger partial charge in [0.25, 0.3) is 5.56 Å². The number of aryl methyl sites for hydroxylation is 2. The highest BCUT2D eigenvalue weighted by molar-refractivity contribution is 5.34. The number of nitrogens with zero attached hydrogens (tertiary/aromatic N) is 8. The van der Waals surface area contributed by atoms with E-state index in [2.05, 4.69) is 42.4 Å². The second kappa shape index (κ2) is 7.96. The van der Waals surface area contributed by atoms with Crippen molar-refractivity contribution < 1.29 is 0 Å². The van der Waals surface area contributed by atoms with Crippen LogP contribution in [0.1, 0.15) is 36.3 Å². The van der Waals surface area contributed by atoms with Crippen molar-refractivity contribution in [2.24, 2.45) is 13.0 Å². The Morgan fingerprint density at radius 2 is 2.03 bits per heavy atom. The van der Waals surface area contributed by atoms with Gasteiger partial charge in [-0.3, -0.25) is 9.69 Å². The molecule has 1 saturated heterocycles. The minimum absolute atomic E-state index is 0.157. The number of rotatable bonds is 6. The fraction of sp³-hybridized carbons (Fsp3) is 0.545. The minimum atomic E-state index is 0.157. The molecule has 0 aliphatic carbocycles. The molecule has 31 heavy (non-hydrogen) atoms. The highest BCUT2D eigenvalue weighted by Crippen LogP contribution is 2.36. The van der Waals surface area contributed by atoms with Crippen LogP contribution in [0.3, 0.4) is 0 Å². The average Bonchev–Trinajstić information content (AvgIpc) is 3.38. The summed E-state index contributed by atoms with van der Waals surface area (Å²) >= 11 is 0. The molecule has 0 amide bonds. The summed E-state index contributed by atoms with van der Waals surface area (Å²) in [7, 11) is 3.98. The van der Waals surface area contributed by atoms with E-state index in [0.29, 0.717) is 18.4 Å². The number of pyridine rings is 1. The molecule has 1 fully saturated rings. The molecule has 0 N–H and O–H groups in total. The van der Waals surface area contributed by atoms with E-state index in [-0.39, 0.29) is 5.56 Å². The van der Waals surface area contributed by atoms with Gasteiger partial charge in [-0.15, -0.1) is 0 Å². The van der Waals surface area contributed by atoms with Crippen molar-refractivity contribution >= 4 is 5.95 Å². The number of fused-ring (bicyclic) bond motifs is 4. The molecule has 3 aromatic rings. The maximum absolute atomic E-state index is 13.3. The van der Waals surface area contributed by atoms with Gasteiger partial charge in [0.05, 0.1) is 6.54 Å². The Hall–Kier alpha value is -2.94. The average molecular weight is 423 g/mol. The van der Waals surface area contributed by atoms with E-state index in [1.807, 2.05) is 41.8 Å².